The standard InChI is InChI=1S/C4H9NOS/c1-2-3-6-4(5)7/h2-3H2,1H3,(H2,5,7). The molecule has 0 atom stereocenters. The summed E-state index contributed by atoms with van der Waals surface area (Å²) in [7, 11) is 0. The van der Waals surface area contributed by atoms with Gasteiger partial charge in [-0.3, -0.25) is 0 Å². The fourth-order valence-electron chi connectivity index (χ4n) is 0.203. The van der Waals surface area contributed by atoms with E-state index in [-0.39, 0.29) is 5.17 Å². The number of nitrogens with two attached hydrogens (primary N) is 1. The lowest BCUT2D eigenvalue weighted by Crippen LogP contribution is -2.12. The van der Waals surface area contributed by atoms with Crippen molar-refractivity contribution in [2.75, 3.05) is 6.61 Å². The van der Waals surface area contributed by atoms with E-state index in [2.05, 4.69) is 12.2 Å². The van der Waals surface area contributed by atoms with Gasteiger partial charge >= 0.3 is 0 Å². The van der Waals surface area contributed by atoms with Crippen LogP contribution in [0.1, 0.15) is 13.3 Å². The number of rotatable bonds is 2. The second-order valence-corrected chi connectivity index (χ2v) is 1.57. The van der Waals surface area contributed by atoms with Gasteiger partial charge in [0.2, 0.25) is 0 Å². The maximum Gasteiger partial charge on any atom is 0.253 e. The Kier molecular flexibility index (Phi) is 3.69. The minimum atomic E-state index is 0.141. The van der Waals surface area contributed by atoms with Crippen molar-refractivity contribution < 1.29 is 4.74 Å². The lowest BCUT2D eigenvalue weighted by Gasteiger charge is -1.96. The van der Waals surface area contributed by atoms with E-state index in [9.17, 15) is 0 Å². The van der Waals surface area contributed by atoms with Gasteiger partial charge in [0.15, 0.2) is 0 Å². The molecule has 0 aliphatic rings. The van der Waals surface area contributed by atoms with Crippen molar-refractivity contribution in [2.45, 2.75) is 13.3 Å². The Hall–Kier alpha value is -0.310. The van der Waals surface area contributed by atoms with Crippen molar-refractivity contribution in [2.24, 2.45) is 5.73 Å². The van der Waals surface area contributed by atoms with Crippen molar-refractivity contribution in [1.29, 1.82) is 0 Å². The van der Waals surface area contributed by atoms with Gasteiger partial charge in [-0.05, 0) is 18.6 Å². The molecule has 2 N–H and O–H groups in total. The van der Waals surface area contributed by atoms with Gasteiger partial charge in [-0.15, -0.1) is 0 Å². The zero-order valence-electron chi connectivity index (χ0n) is 4.31. The molecule has 2 nitrogen and oxygen atoms in total. The highest BCUT2D eigenvalue weighted by Gasteiger charge is 1.81. The smallest absolute Gasteiger partial charge is 0.253 e. The fraction of sp³-hybridized carbons (Fsp3) is 0.750. The van der Waals surface area contributed by atoms with Crippen molar-refractivity contribution in [3.05, 3.63) is 0 Å². The van der Waals surface area contributed by atoms with Crippen molar-refractivity contribution >= 4 is 17.4 Å². The highest BCUT2D eigenvalue weighted by atomic mass is 32.1. The lowest BCUT2D eigenvalue weighted by atomic mass is 10.5. The highest BCUT2D eigenvalue weighted by molar-refractivity contribution is 7.80. The molecule has 0 aliphatic carbocycles. The zero-order chi connectivity index (χ0) is 5.70. The van der Waals surface area contributed by atoms with Crippen LogP contribution in [0, 0.1) is 0 Å². The summed E-state index contributed by atoms with van der Waals surface area (Å²) in [5, 5.41) is 0.141. The number of thiocarbonyl (C=S) groups is 1. The first-order chi connectivity index (χ1) is 3.27. The fourth-order valence-corrected chi connectivity index (χ4v) is 0.286. The maximum atomic E-state index is 4.99. The molecule has 0 bridgehead atoms. The van der Waals surface area contributed by atoms with E-state index in [1.165, 1.54) is 0 Å². The van der Waals surface area contributed by atoms with Gasteiger partial charge in [0.05, 0.1) is 6.61 Å². The minimum Gasteiger partial charge on any atom is -0.471 e. The Morgan fingerprint density at radius 3 is 2.57 bits per heavy atom. The summed E-state index contributed by atoms with van der Waals surface area (Å²) in [4.78, 5) is 0. The van der Waals surface area contributed by atoms with Crippen LogP contribution in [0.3, 0.4) is 0 Å². The predicted molar refractivity (Wildman–Crippen MR) is 33.0 cm³/mol. The van der Waals surface area contributed by atoms with Crippen LogP contribution in [0.25, 0.3) is 0 Å². The molecular weight excluding hydrogens is 110 g/mol. The first kappa shape index (κ1) is 6.69. The third kappa shape index (κ3) is 5.69. The molecule has 0 rings (SSSR count). The van der Waals surface area contributed by atoms with Gasteiger partial charge in [-0.1, -0.05) is 6.92 Å². The number of hydrogen-bond donors (Lipinski definition) is 1. The Labute approximate surface area is 48.6 Å². The van der Waals surface area contributed by atoms with Crippen LogP contribution < -0.4 is 5.73 Å². The molecule has 0 amide bonds. The molecule has 0 aromatic carbocycles. The summed E-state index contributed by atoms with van der Waals surface area (Å²) in [5.41, 5.74) is 4.99. The summed E-state index contributed by atoms with van der Waals surface area (Å²) >= 11 is 4.42. The number of ether oxygens (including phenoxy) is 1. The molecule has 0 radical (unpaired) electrons. The normalized spacial score (nSPS) is 8.14. The Morgan fingerprint density at radius 1 is 1.86 bits per heavy atom. The largest absolute Gasteiger partial charge is 0.471 e. The average Bonchev–Trinajstić information content (AvgIpc) is 1.61. The molecule has 0 spiro atoms. The molecule has 0 aliphatic heterocycles. The van der Waals surface area contributed by atoms with Crippen LogP contribution in [-0.4, -0.2) is 11.8 Å². The van der Waals surface area contributed by atoms with E-state index in [4.69, 9.17) is 10.5 Å². The van der Waals surface area contributed by atoms with Crippen LogP contribution in [0.4, 0.5) is 0 Å². The summed E-state index contributed by atoms with van der Waals surface area (Å²) in [6, 6.07) is 0. The van der Waals surface area contributed by atoms with Crippen LogP contribution in [0.15, 0.2) is 0 Å². The lowest BCUT2D eigenvalue weighted by molar-refractivity contribution is 0.308. The van der Waals surface area contributed by atoms with E-state index < -0.39 is 0 Å². The molecule has 42 valence electrons. The van der Waals surface area contributed by atoms with Crippen LogP contribution >= 0.6 is 12.2 Å². The topological polar surface area (TPSA) is 35.2 Å². The third-order valence-corrected chi connectivity index (χ3v) is 0.566. The highest BCUT2D eigenvalue weighted by Crippen LogP contribution is 1.77. The van der Waals surface area contributed by atoms with Gasteiger partial charge in [-0.25, -0.2) is 0 Å². The third-order valence-electron chi connectivity index (χ3n) is 0.448. The molecule has 0 unspecified atom stereocenters. The monoisotopic (exact) mass is 119 g/mol. The van der Waals surface area contributed by atoms with Crippen LogP contribution in [0.5, 0.6) is 0 Å². The average molecular weight is 119 g/mol. The predicted octanol–water partition coefficient (Wildman–Crippen LogP) is 0.657. The molecule has 0 fully saturated rings. The second-order valence-electron chi connectivity index (χ2n) is 1.17. The molecule has 0 heterocycles. The SMILES string of the molecule is CCCOC(N)=S. The molecule has 3 heteroatoms. The summed E-state index contributed by atoms with van der Waals surface area (Å²) < 4.78 is 4.70. The van der Waals surface area contributed by atoms with E-state index in [1.54, 1.807) is 0 Å². The first-order valence-electron chi connectivity index (χ1n) is 2.19. The quantitative estimate of drug-likeness (QED) is 0.542. The van der Waals surface area contributed by atoms with E-state index in [0.717, 1.165) is 6.42 Å². The van der Waals surface area contributed by atoms with E-state index in [1.807, 2.05) is 6.92 Å². The Balaban J connectivity index is 2.82. The van der Waals surface area contributed by atoms with Crippen molar-refractivity contribution in [3.8, 4) is 0 Å². The van der Waals surface area contributed by atoms with Crippen molar-refractivity contribution in [3.63, 3.8) is 0 Å². The van der Waals surface area contributed by atoms with Crippen LogP contribution in [-0.2, 0) is 4.74 Å². The molecular formula is C4H9NOS. The summed E-state index contributed by atoms with van der Waals surface area (Å²) in [6.07, 6.45) is 0.956. The van der Waals surface area contributed by atoms with Crippen molar-refractivity contribution in [1.82, 2.24) is 0 Å². The molecule has 0 aromatic rings. The van der Waals surface area contributed by atoms with Gasteiger partial charge in [-0.2, -0.15) is 0 Å². The summed E-state index contributed by atoms with van der Waals surface area (Å²) in [5.74, 6) is 0. The number of hydrogen-bond acceptors (Lipinski definition) is 2. The maximum absolute atomic E-state index is 4.99. The van der Waals surface area contributed by atoms with Gasteiger partial charge in [0, 0.05) is 0 Å². The molecule has 0 saturated carbocycles. The minimum absolute atomic E-state index is 0.141. The van der Waals surface area contributed by atoms with Gasteiger partial charge < -0.3 is 10.5 Å². The zero-order valence-corrected chi connectivity index (χ0v) is 5.12. The Bertz CT molecular complexity index is 64.7. The Morgan fingerprint density at radius 2 is 2.43 bits per heavy atom. The van der Waals surface area contributed by atoms with E-state index >= 15 is 0 Å². The van der Waals surface area contributed by atoms with Gasteiger partial charge in [0.25, 0.3) is 5.17 Å². The summed E-state index contributed by atoms with van der Waals surface area (Å²) in [6.45, 7) is 2.63. The second kappa shape index (κ2) is 3.87. The van der Waals surface area contributed by atoms with E-state index in [0.29, 0.717) is 6.61 Å². The molecule has 0 aromatic heterocycles. The van der Waals surface area contributed by atoms with Gasteiger partial charge in [0.1, 0.15) is 0 Å². The molecule has 0 saturated heterocycles. The van der Waals surface area contributed by atoms with Crippen LogP contribution in [0.2, 0.25) is 0 Å². The molecule has 7 heavy (non-hydrogen) atoms. The first-order valence-corrected chi connectivity index (χ1v) is 2.60.